The van der Waals surface area contributed by atoms with Crippen LogP contribution in [-0.2, 0) is 0 Å². The molecule has 0 saturated heterocycles. The summed E-state index contributed by atoms with van der Waals surface area (Å²) in [7, 11) is 1.70. The van der Waals surface area contributed by atoms with E-state index in [1.807, 2.05) is 0 Å². The van der Waals surface area contributed by atoms with Crippen molar-refractivity contribution in [2.75, 3.05) is 12.1 Å². The Morgan fingerprint density at radius 2 is 2.08 bits per heavy atom. The number of H-pyrrole nitrogens is 2. The maximum Gasteiger partial charge on any atom is 0.326 e. The number of nitrogens with one attached hydrogen (secondary N) is 3. The van der Waals surface area contributed by atoms with Crippen LogP contribution in [0.15, 0.2) is 9.59 Å². The van der Waals surface area contributed by atoms with Gasteiger partial charge in [0.25, 0.3) is 5.56 Å². The maximum absolute atomic E-state index is 11.3. The van der Waals surface area contributed by atoms with Crippen LogP contribution in [0.25, 0.3) is 0 Å². The summed E-state index contributed by atoms with van der Waals surface area (Å²) in [5, 5.41) is 1.56. The quantitative estimate of drug-likeness (QED) is 0.423. The van der Waals surface area contributed by atoms with Crippen molar-refractivity contribution in [3.63, 3.8) is 0 Å². The zero-order chi connectivity index (χ0) is 9.59. The number of anilines is 1. The van der Waals surface area contributed by atoms with E-state index in [1.54, 1.807) is 12.1 Å². The zero-order valence-electron chi connectivity index (χ0n) is 6.72. The third kappa shape index (κ3) is 1.20. The molecule has 1 atom stereocenters. The van der Waals surface area contributed by atoms with Gasteiger partial charge in [-0.15, -0.1) is 0 Å². The molecule has 0 bridgehead atoms. The Morgan fingerprint density at radius 3 is 2.77 bits per heavy atom. The standard InChI is InChI=1S/C6H7BrN4O2/c1-11-3-2(4(7)10-11)8-6(13)9-5(3)12/h4,10H,1H3,(H2,8,9,12,13). The number of hydrogen-bond donors (Lipinski definition) is 3. The van der Waals surface area contributed by atoms with Gasteiger partial charge < -0.3 is 9.99 Å². The number of fused-ring (bicyclic) bond motifs is 1. The molecule has 1 aliphatic rings. The van der Waals surface area contributed by atoms with Crippen LogP contribution in [-0.4, -0.2) is 17.0 Å². The first kappa shape index (κ1) is 8.52. The predicted octanol–water partition coefficient (Wildman–Crippen LogP) is -0.589. The summed E-state index contributed by atoms with van der Waals surface area (Å²) in [6.45, 7) is 0. The molecule has 2 rings (SSSR count). The first-order valence-electron chi connectivity index (χ1n) is 3.60. The van der Waals surface area contributed by atoms with Crippen LogP contribution in [0.3, 0.4) is 0 Å². The van der Waals surface area contributed by atoms with Gasteiger partial charge in [0.05, 0.1) is 5.69 Å². The van der Waals surface area contributed by atoms with Gasteiger partial charge in [-0.2, -0.15) is 0 Å². The van der Waals surface area contributed by atoms with Crippen LogP contribution in [0.4, 0.5) is 5.69 Å². The van der Waals surface area contributed by atoms with Crippen molar-refractivity contribution in [2.24, 2.45) is 0 Å². The SMILES string of the molecule is CN1NC(Br)c2[nH]c(=O)[nH]c(=O)c21. The van der Waals surface area contributed by atoms with Gasteiger partial charge in [-0.05, 0) is 0 Å². The summed E-state index contributed by atoms with van der Waals surface area (Å²) in [5.74, 6) is 0. The number of aromatic amines is 2. The number of hydrogen-bond acceptors (Lipinski definition) is 4. The van der Waals surface area contributed by atoms with Gasteiger partial charge in [-0.3, -0.25) is 9.78 Å². The van der Waals surface area contributed by atoms with Gasteiger partial charge >= 0.3 is 5.69 Å². The minimum Gasteiger partial charge on any atom is -0.307 e. The minimum atomic E-state index is -0.495. The second-order valence-corrected chi connectivity index (χ2v) is 3.64. The van der Waals surface area contributed by atoms with E-state index < -0.39 is 11.2 Å². The lowest BCUT2D eigenvalue weighted by Crippen LogP contribution is -2.32. The third-order valence-corrected chi connectivity index (χ3v) is 2.50. The number of alkyl halides is 1. The Hall–Kier alpha value is -1.08. The predicted molar refractivity (Wildman–Crippen MR) is 50.9 cm³/mol. The molecule has 1 unspecified atom stereocenters. The van der Waals surface area contributed by atoms with Gasteiger partial charge in [0.1, 0.15) is 10.6 Å². The topological polar surface area (TPSA) is 81.0 Å². The van der Waals surface area contributed by atoms with Gasteiger partial charge in [0, 0.05) is 7.05 Å². The first-order chi connectivity index (χ1) is 6.09. The fraction of sp³-hybridized carbons (Fsp3) is 0.333. The van der Waals surface area contributed by atoms with Crippen molar-refractivity contribution in [3.8, 4) is 0 Å². The van der Waals surface area contributed by atoms with Crippen molar-refractivity contribution in [3.05, 3.63) is 26.5 Å². The van der Waals surface area contributed by atoms with Crippen LogP contribution >= 0.6 is 15.9 Å². The van der Waals surface area contributed by atoms with Crippen LogP contribution in [0.2, 0.25) is 0 Å². The van der Waals surface area contributed by atoms with E-state index in [0.717, 1.165) is 0 Å². The number of halogens is 1. The lowest BCUT2D eigenvalue weighted by Gasteiger charge is -2.09. The monoisotopic (exact) mass is 246 g/mol. The zero-order valence-corrected chi connectivity index (χ0v) is 8.31. The normalized spacial score (nSPS) is 20.5. The van der Waals surface area contributed by atoms with E-state index in [4.69, 9.17) is 0 Å². The van der Waals surface area contributed by atoms with Crippen molar-refractivity contribution >= 4 is 21.6 Å². The smallest absolute Gasteiger partial charge is 0.307 e. The molecule has 0 aliphatic carbocycles. The van der Waals surface area contributed by atoms with E-state index in [-0.39, 0.29) is 4.95 Å². The molecular weight excluding hydrogens is 240 g/mol. The molecule has 70 valence electrons. The molecule has 0 aromatic carbocycles. The van der Waals surface area contributed by atoms with E-state index in [9.17, 15) is 9.59 Å². The molecule has 0 fully saturated rings. The molecule has 0 spiro atoms. The third-order valence-electron chi connectivity index (χ3n) is 1.84. The lowest BCUT2D eigenvalue weighted by molar-refractivity contribution is 0.721. The maximum atomic E-state index is 11.3. The Bertz CT molecular complexity index is 451. The highest BCUT2D eigenvalue weighted by Crippen LogP contribution is 2.29. The molecule has 6 nitrogen and oxygen atoms in total. The fourth-order valence-electron chi connectivity index (χ4n) is 1.31. The average molecular weight is 247 g/mol. The summed E-state index contributed by atoms with van der Waals surface area (Å²) in [6.07, 6.45) is 0. The summed E-state index contributed by atoms with van der Waals surface area (Å²) in [4.78, 5) is 26.7. The largest absolute Gasteiger partial charge is 0.326 e. The van der Waals surface area contributed by atoms with Gasteiger partial charge in [-0.1, -0.05) is 15.9 Å². The number of hydrazine groups is 1. The second-order valence-electron chi connectivity index (χ2n) is 2.72. The Balaban J connectivity index is 2.77. The summed E-state index contributed by atoms with van der Waals surface area (Å²) in [6, 6.07) is 0. The average Bonchev–Trinajstić information content (AvgIpc) is 2.27. The second kappa shape index (κ2) is 2.71. The highest BCUT2D eigenvalue weighted by Gasteiger charge is 2.27. The van der Waals surface area contributed by atoms with E-state index in [1.165, 1.54) is 0 Å². The summed E-state index contributed by atoms with van der Waals surface area (Å²) in [5.41, 5.74) is 3.01. The molecule has 1 aromatic rings. The van der Waals surface area contributed by atoms with Gasteiger partial charge in [0.2, 0.25) is 0 Å². The molecule has 1 aliphatic heterocycles. The number of nitrogens with zero attached hydrogens (tertiary/aromatic N) is 1. The number of aromatic nitrogens is 2. The highest BCUT2D eigenvalue weighted by atomic mass is 79.9. The molecule has 13 heavy (non-hydrogen) atoms. The fourth-order valence-corrected chi connectivity index (χ4v) is 1.95. The minimum absolute atomic E-state index is 0.220. The Kier molecular flexibility index (Phi) is 1.77. The molecule has 0 amide bonds. The molecule has 3 N–H and O–H groups in total. The van der Waals surface area contributed by atoms with Crippen molar-refractivity contribution in [1.29, 1.82) is 0 Å². The van der Waals surface area contributed by atoms with Crippen LogP contribution in [0, 0.1) is 0 Å². The van der Waals surface area contributed by atoms with Crippen molar-refractivity contribution in [2.45, 2.75) is 4.95 Å². The highest BCUT2D eigenvalue weighted by molar-refractivity contribution is 9.09. The molecule has 0 radical (unpaired) electrons. The molecule has 2 heterocycles. The van der Waals surface area contributed by atoms with Gasteiger partial charge in [-0.25, -0.2) is 10.2 Å². The van der Waals surface area contributed by atoms with E-state index >= 15 is 0 Å². The van der Waals surface area contributed by atoms with Crippen molar-refractivity contribution < 1.29 is 0 Å². The summed E-state index contributed by atoms with van der Waals surface area (Å²) >= 11 is 3.27. The summed E-state index contributed by atoms with van der Waals surface area (Å²) < 4.78 is 0. The van der Waals surface area contributed by atoms with E-state index in [0.29, 0.717) is 11.4 Å². The Morgan fingerprint density at radius 1 is 1.38 bits per heavy atom. The molecular formula is C6H7BrN4O2. The molecule has 7 heteroatoms. The molecule has 0 saturated carbocycles. The lowest BCUT2D eigenvalue weighted by atomic mass is 10.3. The first-order valence-corrected chi connectivity index (χ1v) is 4.51. The van der Waals surface area contributed by atoms with Gasteiger partial charge in [0.15, 0.2) is 0 Å². The molecule has 1 aromatic heterocycles. The van der Waals surface area contributed by atoms with Crippen molar-refractivity contribution in [1.82, 2.24) is 15.4 Å². The van der Waals surface area contributed by atoms with Crippen LogP contribution in [0.5, 0.6) is 0 Å². The Labute approximate surface area is 81.1 Å². The van der Waals surface area contributed by atoms with Crippen LogP contribution < -0.4 is 21.7 Å². The van der Waals surface area contributed by atoms with Crippen LogP contribution in [0.1, 0.15) is 10.6 Å². The van der Waals surface area contributed by atoms with E-state index in [2.05, 4.69) is 31.3 Å². The number of rotatable bonds is 0.